The molecule has 0 aliphatic heterocycles. The first-order valence-corrected chi connectivity index (χ1v) is 9.59. The van der Waals surface area contributed by atoms with E-state index in [0.717, 1.165) is 12.7 Å². The Morgan fingerprint density at radius 2 is 1.75 bits per heavy atom. The Bertz CT molecular complexity index is 278. The molecule has 0 saturated carbocycles. The first-order chi connectivity index (χ1) is 7.27. The van der Waals surface area contributed by atoms with Crippen molar-refractivity contribution in [3.63, 3.8) is 0 Å². The van der Waals surface area contributed by atoms with Crippen molar-refractivity contribution in [2.75, 3.05) is 0 Å². The summed E-state index contributed by atoms with van der Waals surface area (Å²) >= 11 is 0. The first-order valence-electron chi connectivity index (χ1n) is 6.01. The molecule has 0 amide bonds. The van der Waals surface area contributed by atoms with Crippen LogP contribution >= 0.6 is 0 Å². The second-order valence-corrected chi connectivity index (χ2v) is 11.3. The van der Waals surface area contributed by atoms with Crippen LogP contribution in [0.3, 0.4) is 0 Å². The Hall–Kier alpha value is -0.633. The van der Waals surface area contributed by atoms with Gasteiger partial charge in [0.1, 0.15) is 6.29 Å². The molecule has 0 heterocycles. The molecule has 1 unspecified atom stereocenters. The van der Waals surface area contributed by atoms with E-state index in [1.54, 1.807) is 0 Å². The number of hydrogen-bond acceptors (Lipinski definition) is 1. The normalized spacial score (nSPS) is 14.5. The maximum atomic E-state index is 10.7. The highest BCUT2D eigenvalue weighted by atomic mass is 28.3. The van der Waals surface area contributed by atoms with E-state index in [1.807, 2.05) is 0 Å². The van der Waals surface area contributed by atoms with Crippen LogP contribution in [0.1, 0.15) is 33.6 Å². The van der Waals surface area contributed by atoms with E-state index >= 15 is 0 Å². The van der Waals surface area contributed by atoms with Gasteiger partial charge >= 0.3 is 0 Å². The van der Waals surface area contributed by atoms with Crippen molar-refractivity contribution in [2.24, 2.45) is 0 Å². The summed E-state index contributed by atoms with van der Waals surface area (Å²) in [5.74, 6) is 0. The fourth-order valence-corrected chi connectivity index (χ4v) is 3.14. The van der Waals surface area contributed by atoms with Gasteiger partial charge in [0.05, 0.1) is 8.07 Å². The third kappa shape index (κ3) is 6.78. The molecule has 1 atom stereocenters. The smallest absolute Gasteiger partial charge is 0.120 e. The second kappa shape index (κ2) is 6.84. The van der Waals surface area contributed by atoms with Crippen molar-refractivity contribution < 1.29 is 4.79 Å². The van der Waals surface area contributed by atoms with Gasteiger partial charge in [-0.1, -0.05) is 42.9 Å². The van der Waals surface area contributed by atoms with Crippen LogP contribution in [0.25, 0.3) is 0 Å². The van der Waals surface area contributed by atoms with Crippen LogP contribution in [0.5, 0.6) is 0 Å². The van der Waals surface area contributed by atoms with Crippen LogP contribution < -0.4 is 0 Å². The molecule has 0 aromatic rings. The number of aldehydes is 1. The van der Waals surface area contributed by atoms with Crippen molar-refractivity contribution in [2.45, 2.75) is 58.8 Å². The molecule has 0 fully saturated rings. The summed E-state index contributed by atoms with van der Waals surface area (Å²) in [5, 5.41) is 0. The van der Waals surface area contributed by atoms with Crippen LogP contribution in [0.2, 0.25) is 25.2 Å². The van der Waals surface area contributed by atoms with Gasteiger partial charge in [-0.3, -0.25) is 0 Å². The molecular weight excluding hydrogens is 212 g/mol. The average molecular weight is 238 g/mol. The fourth-order valence-electron chi connectivity index (χ4n) is 1.55. The molecule has 2 heteroatoms. The van der Waals surface area contributed by atoms with E-state index in [1.165, 1.54) is 11.1 Å². The quantitative estimate of drug-likeness (QED) is 0.376. The van der Waals surface area contributed by atoms with Gasteiger partial charge in [0.15, 0.2) is 0 Å². The van der Waals surface area contributed by atoms with E-state index in [0.29, 0.717) is 12.0 Å². The zero-order chi connectivity index (χ0) is 12.8. The number of hydrogen-bond donors (Lipinski definition) is 0. The molecule has 0 aromatic carbocycles. The minimum atomic E-state index is -1.25. The first kappa shape index (κ1) is 15.4. The molecule has 0 aliphatic rings. The lowest BCUT2D eigenvalue weighted by Gasteiger charge is -2.25. The standard InChI is InChI=1S/C14H26OSi/c1-12(2)7-8-13(3)11-14(9-10-15)16(4,5)6/h7,10-11,14H,8-9H2,1-6H3/b13-11+. The van der Waals surface area contributed by atoms with E-state index < -0.39 is 8.07 Å². The van der Waals surface area contributed by atoms with E-state index in [-0.39, 0.29) is 0 Å². The van der Waals surface area contributed by atoms with Crippen molar-refractivity contribution in [3.05, 3.63) is 23.3 Å². The zero-order valence-electron chi connectivity index (χ0n) is 11.6. The molecule has 1 nitrogen and oxygen atoms in total. The maximum Gasteiger partial charge on any atom is 0.120 e. The number of rotatable bonds is 6. The van der Waals surface area contributed by atoms with Crippen molar-refractivity contribution in [3.8, 4) is 0 Å². The van der Waals surface area contributed by atoms with Crippen molar-refractivity contribution >= 4 is 14.4 Å². The summed E-state index contributed by atoms with van der Waals surface area (Å²) < 4.78 is 0. The molecule has 0 bridgehead atoms. The van der Waals surface area contributed by atoms with Crippen molar-refractivity contribution in [1.82, 2.24) is 0 Å². The highest BCUT2D eigenvalue weighted by Gasteiger charge is 2.24. The van der Waals surface area contributed by atoms with Gasteiger partial charge in [-0.25, -0.2) is 0 Å². The summed E-state index contributed by atoms with van der Waals surface area (Å²) in [5.41, 5.74) is 3.22. The second-order valence-electron chi connectivity index (χ2n) is 5.87. The monoisotopic (exact) mass is 238 g/mol. The molecule has 0 aromatic heterocycles. The zero-order valence-corrected chi connectivity index (χ0v) is 12.6. The topological polar surface area (TPSA) is 17.1 Å². The van der Waals surface area contributed by atoms with Gasteiger partial charge in [0, 0.05) is 6.42 Å². The van der Waals surface area contributed by atoms with Crippen LogP contribution in [-0.2, 0) is 4.79 Å². The molecule has 92 valence electrons. The number of carbonyl (C=O) groups is 1. The van der Waals surface area contributed by atoms with Gasteiger partial charge < -0.3 is 4.79 Å². The third-order valence-electron chi connectivity index (χ3n) is 2.78. The molecule has 16 heavy (non-hydrogen) atoms. The van der Waals surface area contributed by atoms with Crippen molar-refractivity contribution in [1.29, 1.82) is 0 Å². The Balaban J connectivity index is 4.65. The Morgan fingerprint density at radius 1 is 1.19 bits per heavy atom. The van der Waals surface area contributed by atoms with Gasteiger partial charge in [0.2, 0.25) is 0 Å². The lowest BCUT2D eigenvalue weighted by atomic mass is 10.1. The third-order valence-corrected chi connectivity index (χ3v) is 5.41. The minimum absolute atomic E-state index is 0.482. The predicted octanol–water partition coefficient (Wildman–Crippen LogP) is 4.59. The molecular formula is C14H26OSi. The summed E-state index contributed by atoms with van der Waals surface area (Å²) in [6.45, 7) is 13.4. The summed E-state index contributed by atoms with van der Waals surface area (Å²) in [4.78, 5) is 10.7. The molecule has 0 saturated heterocycles. The largest absolute Gasteiger partial charge is 0.303 e. The number of carbonyl (C=O) groups excluding carboxylic acids is 1. The fraction of sp³-hybridized carbons (Fsp3) is 0.643. The van der Waals surface area contributed by atoms with Crippen LogP contribution in [0, 0.1) is 0 Å². The molecule has 0 rings (SSSR count). The highest BCUT2D eigenvalue weighted by molar-refractivity contribution is 6.78. The van der Waals surface area contributed by atoms with Gasteiger partial charge in [-0.15, -0.1) is 0 Å². The summed E-state index contributed by atoms with van der Waals surface area (Å²) in [6, 6.07) is 0. The Morgan fingerprint density at radius 3 is 2.12 bits per heavy atom. The van der Waals surface area contributed by atoms with Gasteiger partial charge in [-0.2, -0.15) is 0 Å². The van der Waals surface area contributed by atoms with E-state index in [2.05, 4.69) is 52.6 Å². The predicted molar refractivity (Wildman–Crippen MR) is 75.6 cm³/mol. The van der Waals surface area contributed by atoms with Crippen LogP contribution in [0.4, 0.5) is 0 Å². The molecule has 0 aliphatic carbocycles. The van der Waals surface area contributed by atoms with Gasteiger partial charge in [-0.05, 0) is 32.7 Å². The lowest BCUT2D eigenvalue weighted by molar-refractivity contribution is -0.107. The highest BCUT2D eigenvalue weighted by Crippen LogP contribution is 2.28. The van der Waals surface area contributed by atoms with Crippen LogP contribution in [-0.4, -0.2) is 14.4 Å². The number of allylic oxidation sites excluding steroid dienone is 4. The van der Waals surface area contributed by atoms with Crippen LogP contribution in [0.15, 0.2) is 23.3 Å². The van der Waals surface area contributed by atoms with E-state index in [4.69, 9.17) is 0 Å². The Kier molecular flexibility index (Phi) is 6.57. The summed E-state index contributed by atoms with van der Waals surface area (Å²) in [6.07, 6.45) is 7.33. The summed E-state index contributed by atoms with van der Waals surface area (Å²) in [7, 11) is -1.25. The van der Waals surface area contributed by atoms with E-state index in [9.17, 15) is 4.79 Å². The minimum Gasteiger partial charge on any atom is -0.303 e. The van der Waals surface area contributed by atoms with Gasteiger partial charge in [0.25, 0.3) is 0 Å². The molecule has 0 N–H and O–H groups in total. The maximum absolute atomic E-state index is 10.7. The molecule has 0 radical (unpaired) electrons. The lowest BCUT2D eigenvalue weighted by Crippen LogP contribution is -2.27. The molecule has 0 spiro atoms. The Labute approximate surface area is 102 Å². The SMILES string of the molecule is CC(C)=CC/C(C)=C/C(CC=O)[Si](C)(C)C. The average Bonchev–Trinajstić information content (AvgIpc) is 2.12.